The van der Waals surface area contributed by atoms with Crippen molar-refractivity contribution in [3.05, 3.63) is 0 Å². The van der Waals surface area contributed by atoms with Gasteiger partial charge >= 0.3 is 0 Å². The van der Waals surface area contributed by atoms with Gasteiger partial charge in [-0.05, 0) is 39.2 Å². The van der Waals surface area contributed by atoms with Crippen LogP contribution in [0.15, 0.2) is 0 Å². The average molecular weight is 323 g/mol. The molecule has 0 bridgehead atoms. The molecule has 1 saturated carbocycles. The second kappa shape index (κ2) is 9.26. The number of carbonyl (C=O) groups excluding carboxylic acids is 2. The maximum absolute atomic E-state index is 12.6. The number of amides is 2. The van der Waals surface area contributed by atoms with E-state index in [4.69, 9.17) is 0 Å². The molecule has 5 nitrogen and oxygen atoms in total. The van der Waals surface area contributed by atoms with Gasteiger partial charge < -0.3 is 15.5 Å². The minimum absolute atomic E-state index is 0.0781. The first-order chi connectivity index (χ1) is 11.1. The fourth-order valence-corrected chi connectivity index (χ4v) is 3.81. The quantitative estimate of drug-likeness (QED) is 0.754. The van der Waals surface area contributed by atoms with E-state index in [-0.39, 0.29) is 23.8 Å². The van der Waals surface area contributed by atoms with E-state index in [0.29, 0.717) is 12.5 Å². The van der Waals surface area contributed by atoms with Gasteiger partial charge in [-0.15, -0.1) is 0 Å². The molecule has 2 aliphatic rings. The summed E-state index contributed by atoms with van der Waals surface area (Å²) in [5.41, 5.74) is 0. The molecule has 0 aromatic heterocycles. The molecule has 0 aromatic rings. The lowest BCUT2D eigenvalue weighted by atomic mass is 9.88. The van der Waals surface area contributed by atoms with Crippen molar-refractivity contribution in [3.63, 3.8) is 0 Å². The minimum Gasteiger partial charge on any atom is -0.353 e. The molecule has 2 amide bonds. The van der Waals surface area contributed by atoms with Gasteiger partial charge in [0, 0.05) is 37.5 Å². The third-order valence-electron chi connectivity index (χ3n) is 5.11. The molecular weight excluding hydrogens is 290 g/mol. The Labute approximate surface area is 140 Å². The highest BCUT2D eigenvalue weighted by molar-refractivity contribution is 5.81. The lowest BCUT2D eigenvalue weighted by molar-refractivity contribution is -0.134. The van der Waals surface area contributed by atoms with E-state index < -0.39 is 0 Å². The summed E-state index contributed by atoms with van der Waals surface area (Å²) in [5, 5.41) is 6.40. The SMILES string of the molecule is CCCN(C(=O)CC(C)NC(=O)C1CCCCC1)C1CCNC1. The van der Waals surface area contributed by atoms with Crippen molar-refractivity contribution in [2.24, 2.45) is 5.92 Å². The zero-order chi connectivity index (χ0) is 16.7. The topological polar surface area (TPSA) is 61.4 Å². The number of carbonyl (C=O) groups is 2. The zero-order valence-electron chi connectivity index (χ0n) is 14.8. The van der Waals surface area contributed by atoms with Gasteiger partial charge in [-0.1, -0.05) is 26.2 Å². The highest BCUT2D eigenvalue weighted by Gasteiger charge is 2.28. The molecule has 0 radical (unpaired) electrons. The Bertz CT molecular complexity index is 388. The summed E-state index contributed by atoms with van der Waals surface area (Å²) in [6.07, 6.45) is 7.99. The molecule has 2 atom stereocenters. The number of nitrogens with one attached hydrogen (secondary N) is 2. The Morgan fingerprint density at radius 3 is 2.57 bits per heavy atom. The van der Waals surface area contributed by atoms with Gasteiger partial charge in [-0.25, -0.2) is 0 Å². The Morgan fingerprint density at radius 1 is 1.22 bits per heavy atom. The lowest BCUT2D eigenvalue weighted by Gasteiger charge is -2.30. The fraction of sp³-hybridized carbons (Fsp3) is 0.889. The third-order valence-corrected chi connectivity index (χ3v) is 5.11. The van der Waals surface area contributed by atoms with Crippen LogP contribution in [0.25, 0.3) is 0 Å². The van der Waals surface area contributed by atoms with Crippen LogP contribution in [0.1, 0.15) is 65.2 Å². The van der Waals surface area contributed by atoms with Crippen molar-refractivity contribution >= 4 is 11.8 Å². The van der Waals surface area contributed by atoms with Crippen LogP contribution in [0.2, 0.25) is 0 Å². The van der Waals surface area contributed by atoms with Gasteiger partial charge in [0.2, 0.25) is 11.8 Å². The molecule has 2 N–H and O–H groups in total. The van der Waals surface area contributed by atoms with Crippen LogP contribution < -0.4 is 10.6 Å². The molecule has 1 saturated heterocycles. The predicted octanol–water partition coefficient (Wildman–Crippen LogP) is 2.06. The average Bonchev–Trinajstić information content (AvgIpc) is 3.07. The summed E-state index contributed by atoms with van der Waals surface area (Å²) >= 11 is 0. The molecule has 5 heteroatoms. The monoisotopic (exact) mass is 323 g/mol. The van der Waals surface area contributed by atoms with Gasteiger partial charge in [-0.3, -0.25) is 9.59 Å². The Kier molecular flexibility index (Phi) is 7.34. The van der Waals surface area contributed by atoms with E-state index in [2.05, 4.69) is 17.6 Å². The molecule has 132 valence electrons. The van der Waals surface area contributed by atoms with Crippen LogP contribution in [0.5, 0.6) is 0 Å². The molecule has 2 rings (SSSR count). The first-order valence-corrected chi connectivity index (χ1v) is 9.42. The summed E-state index contributed by atoms with van der Waals surface area (Å²) in [4.78, 5) is 26.9. The standard InChI is InChI=1S/C18H33N3O2/c1-3-11-21(16-9-10-19-13-16)17(22)12-14(2)20-18(23)15-7-5-4-6-8-15/h14-16,19H,3-13H2,1-2H3,(H,20,23). The van der Waals surface area contributed by atoms with Crippen LogP contribution in [-0.4, -0.2) is 48.4 Å². The van der Waals surface area contributed by atoms with E-state index in [1.165, 1.54) is 6.42 Å². The summed E-state index contributed by atoms with van der Waals surface area (Å²) in [6, 6.07) is 0.245. The molecule has 23 heavy (non-hydrogen) atoms. The molecule has 0 aromatic carbocycles. The number of hydrogen-bond acceptors (Lipinski definition) is 3. The van der Waals surface area contributed by atoms with E-state index in [0.717, 1.165) is 58.2 Å². The van der Waals surface area contributed by atoms with Crippen LogP contribution in [0.3, 0.4) is 0 Å². The molecule has 0 spiro atoms. The first-order valence-electron chi connectivity index (χ1n) is 9.42. The Morgan fingerprint density at radius 2 is 1.96 bits per heavy atom. The van der Waals surface area contributed by atoms with Crippen LogP contribution in [-0.2, 0) is 9.59 Å². The van der Waals surface area contributed by atoms with Crippen molar-refractivity contribution in [2.45, 2.75) is 77.3 Å². The number of nitrogens with zero attached hydrogens (tertiary/aromatic N) is 1. The van der Waals surface area contributed by atoms with E-state index in [1.807, 2.05) is 11.8 Å². The molecule has 2 unspecified atom stereocenters. The second-order valence-electron chi connectivity index (χ2n) is 7.18. The zero-order valence-corrected chi connectivity index (χ0v) is 14.8. The maximum atomic E-state index is 12.6. The molecule has 1 aliphatic heterocycles. The van der Waals surface area contributed by atoms with Crippen molar-refractivity contribution in [2.75, 3.05) is 19.6 Å². The first kappa shape index (κ1) is 18.2. The van der Waals surface area contributed by atoms with Crippen LogP contribution in [0, 0.1) is 5.92 Å². The molecular formula is C18H33N3O2. The summed E-state index contributed by atoms with van der Waals surface area (Å²) in [5.74, 6) is 0.485. The minimum atomic E-state index is -0.0781. The van der Waals surface area contributed by atoms with Gasteiger partial charge in [0.1, 0.15) is 0 Å². The highest BCUT2D eigenvalue weighted by atomic mass is 16.2. The summed E-state index contributed by atoms with van der Waals surface area (Å²) in [7, 11) is 0. The van der Waals surface area contributed by atoms with Gasteiger partial charge in [0.25, 0.3) is 0 Å². The number of hydrogen-bond donors (Lipinski definition) is 2. The lowest BCUT2D eigenvalue weighted by Crippen LogP contribution is -2.46. The number of rotatable bonds is 7. The fourth-order valence-electron chi connectivity index (χ4n) is 3.81. The highest BCUT2D eigenvalue weighted by Crippen LogP contribution is 2.23. The van der Waals surface area contributed by atoms with Gasteiger partial charge in [-0.2, -0.15) is 0 Å². The molecule has 1 aliphatic carbocycles. The largest absolute Gasteiger partial charge is 0.353 e. The third kappa shape index (κ3) is 5.48. The summed E-state index contributed by atoms with van der Waals surface area (Å²) < 4.78 is 0. The molecule has 2 fully saturated rings. The van der Waals surface area contributed by atoms with E-state index in [1.54, 1.807) is 0 Å². The Hall–Kier alpha value is -1.10. The second-order valence-corrected chi connectivity index (χ2v) is 7.18. The van der Waals surface area contributed by atoms with Gasteiger partial charge in [0.05, 0.1) is 0 Å². The van der Waals surface area contributed by atoms with Crippen molar-refractivity contribution in [3.8, 4) is 0 Å². The smallest absolute Gasteiger partial charge is 0.224 e. The molecule has 1 heterocycles. The van der Waals surface area contributed by atoms with E-state index >= 15 is 0 Å². The van der Waals surface area contributed by atoms with Crippen LogP contribution in [0.4, 0.5) is 0 Å². The summed E-state index contributed by atoms with van der Waals surface area (Å²) in [6.45, 7) is 6.77. The van der Waals surface area contributed by atoms with Crippen molar-refractivity contribution in [1.29, 1.82) is 0 Å². The maximum Gasteiger partial charge on any atom is 0.224 e. The Balaban J connectivity index is 1.80. The van der Waals surface area contributed by atoms with Crippen molar-refractivity contribution < 1.29 is 9.59 Å². The van der Waals surface area contributed by atoms with Gasteiger partial charge in [0.15, 0.2) is 0 Å². The van der Waals surface area contributed by atoms with Crippen molar-refractivity contribution in [1.82, 2.24) is 15.5 Å². The predicted molar refractivity (Wildman–Crippen MR) is 92.1 cm³/mol. The van der Waals surface area contributed by atoms with E-state index in [9.17, 15) is 9.59 Å². The van der Waals surface area contributed by atoms with Crippen LogP contribution >= 0.6 is 0 Å². The normalized spacial score (nSPS) is 23.5.